The average molecular weight is 394 g/mol. The molecule has 0 bridgehead atoms. The van der Waals surface area contributed by atoms with E-state index in [4.69, 9.17) is 9.47 Å². The fraction of sp³-hybridized carbons (Fsp3) is 0.474. The van der Waals surface area contributed by atoms with Gasteiger partial charge in [-0.25, -0.2) is 9.59 Å². The first-order chi connectivity index (χ1) is 13.1. The van der Waals surface area contributed by atoms with E-state index in [1.54, 1.807) is 45.0 Å². The molecule has 0 spiro atoms. The number of benzene rings is 1. The minimum Gasteiger partial charge on any atom is -0.469 e. The number of carbonyl (C=O) groups excluding carboxylic acids is 4. The Morgan fingerprint density at radius 2 is 1.71 bits per heavy atom. The third-order valence-electron chi connectivity index (χ3n) is 3.39. The molecule has 0 saturated carbocycles. The van der Waals surface area contributed by atoms with Crippen molar-refractivity contribution in [2.45, 2.75) is 51.5 Å². The predicted octanol–water partition coefficient (Wildman–Crippen LogP) is 1.94. The lowest BCUT2D eigenvalue weighted by Gasteiger charge is -2.26. The summed E-state index contributed by atoms with van der Waals surface area (Å²) in [5.74, 6) is -0.675. The van der Waals surface area contributed by atoms with Gasteiger partial charge in [-0.05, 0) is 26.3 Å². The molecule has 0 fully saturated rings. The number of amides is 2. The van der Waals surface area contributed by atoms with Crippen molar-refractivity contribution in [3.05, 3.63) is 35.9 Å². The SMILES string of the molecule is COC(=O)CC(NC(=O)OCc1ccccc1)C(C=O)NC(=O)OC(C)(C)C. The Morgan fingerprint density at radius 3 is 2.25 bits per heavy atom. The van der Waals surface area contributed by atoms with Crippen LogP contribution in [0.1, 0.15) is 32.8 Å². The molecule has 0 heterocycles. The number of hydrogen-bond acceptors (Lipinski definition) is 7. The number of alkyl carbamates (subject to hydrolysis) is 2. The van der Waals surface area contributed by atoms with Crippen LogP contribution in [0.4, 0.5) is 9.59 Å². The van der Waals surface area contributed by atoms with Crippen LogP contribution in [0.3, 0.4) is 0 Å². The molecule has 9 heteroatoms. The maximum absolute atomic E-state index is 12.1. The second kappa shape index (κ2) is 10.9. The van der Waals surface area contributed by atoms with E-state index in [0.29, 0.717) is 6.29 Å². The molecule has 28 heavy (non-hydrogen) atoms. The average Bonchev–Trinajstić information content (AvgIpc) is 2.63. The quantitative estimate of drug-likeness (QED) is 0.393. The van der Waals surface area contributed by atoms with Crippen molar-refractivity contribution in [3.63, 3.8) is 0 Å². The number of hydrogen-bond donors (Lipinski definition) is 2. The van der Waals surface area contributed by atoms with E-state index in [9.17, 15) is 19.2 Å². The number of nitrogens with one attached hydrogen (secondary N) is 2. The molecular formula is C19H26N2O7. The molecule has 0 radical (unpaired) electrons. The molecule has 0 aliphatic carbocycles. The summed E-state index contributed by atoms with van der Waals surface area (Å²) in [5.41, 5.74) is -0.0155. The summed E-state index contributed by atoms with van der Waals surface area (Å²) in [6.07, 6.45) is -1.67. The second-order valence-electron chi connectivity index (χ2n) is 6.90. The summed E-state index contributed by atoms with van der Waals surface area (Å²) in [4.78, 5) is 47.1. The van der Waals surface area contributed by atoms with Crippen LogP contribution in [0.15, 0.2) is 30.3 Å². The number of esters is 1. The van der Waals surface area contributed by atoms with E-state index in [2.05, 4.69) is 15.4 Å². The zero-order valence-corrected chi connectivity index (χ0v) is 16.4. The van der Waals surface area contributed by atoms with Crippen LogP contribution in [-0.2, 0) is 30.4 Å². The van der Waals surface area contributed by atoms with Crippen molar-refractivity contribution in [1.29, 1.82) is 0 Å². The van der Waals surface area contributed by atoms with Crippen LogP contribution < -0.4 is 10.6 Å². The first-order valence-electron chi connectivity index (χ1n) is 8.63. The molecule has 1 rings (SSSR count). The van der Waals surface area contributed by atoms with E-state index < -0.39 is 35.8 Å². The van der Waals surface area contributed by atoms with Gasteiger partial charge in [0.05, 0.1) is 19.6 Å². The molecule has 2 unspecified atom stereocenters. The Kier molecular flexibility index (Phi) is 8.94. The summed E-state index contributed by atoms with van der Waals surface area (Å²) < 4.78 is 14.8. The molecule has 2 atom stereocenters. The molecule has 1 aromatic rings. The third kappa shape index (κ3) is 9.02. The molecule has 0 aromatic heterocycles. The van der Waals surface area contributed by atoms with Gasteiger partial charge in [0.1, 0.15) is 24.5 Å². The van der Waals surface area contributed by atoms with Crippen molar-refractivity contribution >= 4 is 24.4 Å². The van der Waals surface area contributed by atoms with Gasteiger partial charge < -0.3 is 29.6 Å². The molecule has 2 N–H and O–H groups in total. The Bertz CT molecular complexity index is 671. The monoisotopic (exact) mass is 394 g/mol. The molecule has 0 aliphatic heterocycles. The summed E-state index contributed by atoms with van der Waals surface area (Å²) >= 11 is 0. The first-order valence-corrected chi connectivity index (χ1v) is 8.63. The molecule has 0 saturated heterocycles. The Balaban J connectivity index is 2.75. The normalized spacial score (nSPS) is 12.9. The second-order valence-corrected chi connectivity index (χ2v) is 6.90. The molecule has 9 nitrogen and oxygen atoms in total. The highest BCUT2D eigenvalue weighted by Gasteiger charge is 2.29. The van der Waals surface area contributed by atoms with E-state index in [-0.39, 0.29) is 13.0 Å². The van der Waals surface area contributed by atoms with Crippen LogP contribution >= 0.6 is 0 Å². The van der Waals surface area contributed by atoms with Gasteiger partial charge in [0.25, 0.3) is 0 Å². The Hall–Kier alpha value is -3.10. The van der Waals surface area contributed by atoms with Gasteiger partial charge >= 0.3 is 18.2 Å². The summed E-state index contributed by atoms with van der Waals surface area (Å²) in [6.45, 7) is 4.98. The van der Waals surface area contributed by atoms with E-state index in [1.807, 2.05) is 6.07 Å². The maximum atomic E-state index is 12.1. The van der Waals surface area contributed by atoms with Gasteiger partial charge in [-0.3, -0.25) is 4.79 Å². The van der Waals surface area contributed by atoms with Crippen LogP contribution in [0.25, 0.3) is 0 Å². The van der Waals surface area contributed by atoms with Gasteiger partial charge in [0.2, 0.25) is 0 Å². The van der Waals surface area contributed by atoms with Crippen LogP contribution in [0, 0.1) is 0 Å². The zero-order chi connectivity index (χ0) is 21.2. The zero-order valence-electron chi connectivity index (χ0n) is 16.4. The van der Waals surface area contributed by atoms with Crippen molar-refractivity contribution in [1.82, 2.24) is 10.6 Å². The van der Waals surface area contributed by atoms with Gasteiger partial charge in [-0.2, -0.15) is 0 Å². The van der Waals surface area contributed by atoms with Gasteiger partial charge in [-0.1, -0.05) is 30.3 Å². The summed E-state index contributed by atoms with van der Waals surface area (Å²) in [7, 11) is 1.17. The predicted molar refractivity (Wildman–Crippen MR) is 99.4 cm³/mol. The standard InChI is InChI=1S/C19H26N2O7/c1-19(2,3)28-18(25)21-15(11-22)14(10-16(23)26-4)20-17(24)27-12-13-8-6-5-7-9-13/h5-9,11,14-15H,10,12H2,1-4H3,(H,20,24)(H,21,25). The number of ether oxygens (including phenoxy) is 3. The fourth-order valence-electron chi connectivity index (χ4n) is 2.12. The number of methoxy groups -OCH3 is 1. The lowest BCUT2D eigenvalue weighted by molar-refractivity contribution is -0.141. The number of carbonyl (C=O) groups is 4. The molecular weight excluding hydrogens is 368 g/mol. The Labute approximate surface area is 163 Å². The smallest absolute Gasteiger partial charge is 0.408 e. The van der Waals surface area contributed by atoms with Gasteiger partial charge in [0, 0.05) is 0 Å². The van der Waals surface area contributed by atoms with Gasteiger partial charge in [0.15, 0.2) is 0 Å². The van der Waals surface area contributed by atoms with Crippen LogP contribution in [-0.4, -0.2) is 49.2 Å². The molecule has 154 valence electrons. The first kappa shape index (κ1) is 22.9. The largest absolute Gasteiger partial charge is 0.469 e. The van der Waals surface area contributed by atoms with Crippen molar-refractivity contribution in [2.24, 2.45) is 0 Å². The molecule has 1 aromatic carbocycles. The highest BCUT2D eigenvalue weighted by atomic mass is 16.6. The third-order valence-corrected chi connectivity index (χ3v) is 3.39. The van der Waals surface area contributed by atoms with Gasteiger partial charge in [-0.15, -0.1) is 0 Å². The Morgan fingerprint density at radius 1 is 1.07 bits per heavy atom. The van der Waals surface area contributed by atoms with E-state index in [1.165, 1.54) is 7.11 Å². The topological polar surface area (TPSA) is 120 Å². The summed E-state index contributed by atoms with van der Waals surface area (Å²) in [5, 5.41) is 4.73. The lowest BCUT2D eigenvalue weighted by Crippen LogP contribution is -2.54. The highest BCUT2D eigenvalue weighted by molar-refractivity contribution is 5.78. The molecule has 0 aliphatic rings. The summed E-state index contributed by atoms with van der Waals surface area (Å²) in [6, 6.07) is 6.66. The number of rotatable bonds is 8. The lowest BCUT2D eigenvalue weighted by atomic mass is 10.1. The maximum Gasteiger partial charge on any atom is 0.408 e. The molecule has 2 amide bonds. The van der Waals surface area contributed by atoms with Crippen LogP contribution in [0.2, 0.25) is 0 Å². The van der Waals surface area contributed by atoms with E-state index in [0.717, 1.165) is 5.56 Å². The fourth-order valence-corrected chi connectivity index (χ4v) is 2.12. The van der Waals surface area contributed by atoms with Crippen molar-refractivity contribution < 1.29 is 33.4 Å². The van der Waals surface area contributed by atoms with Crippen molar-refractivity contribution in [2.75, 3.05) is 7.11 Å². The number of aldehydes is 1. The highest BCUT2D eigenvalue weighted by Crippen LogP contribution is 2.08. The minimum atomic E-state index is -1.22. The van der Waals surface area contributed by atoms with Crippen molar-refractivity contribution in [3.8, 4) is 0 Å². The minimum absolute atomic E-state index is 0.00285. The van der Waals surface area contributed by atoms with Crippen LogP contribution in [0.5, 0.6) is 0 Å². The van der Waals surface area contributed by atoms with E-state index >= 15 is 0 Å².